The van der Waals surface area contributed by atoms with Crippen molar-refractivity contribution in [2.75, 3.05) is 18.4 Å². The van der Waals surface area contributed by atoms with Crippen molar-refractivity contribution in [2.45, 2.75) is 12.2 Å². The second kappa shape index (κ2) is 5.57. The molecule has 0 aromatic heterocycles. The lowest BCUT2D eigenvalue weighted by Gasteiger charge is -2.16. The summed E-state index contributed by atoms with van der Waals surface area (Å²) in [5, 5.41) is 2.65. The quantitative estimate of drug-likeness (QED) is 0.782. The van der Waals surface area contributed by atoms with Crippen LogP contribution >= 0.6 is 11.6 Å². The van der Waals surface area contributed by atoms with Gasteiger partial charge in [-0.15, -0.1) is 0 Å². The van der Waals surface area contributed by atoms with Gasteiger partial charge in [-0.1, -0.05) is 11.6 Å². The monoisotopic (exact) mass is 267 g/mol. The SMILES string of the molecule is NCC(N)CNc1ccc(Cl)cc1C(F)(F)F. The number of nitrogens with one attached hydrogen (secondary N) is 1. The molecule has 0 saturated carbocycles. The first-order valence-electron chi connectivity index (χ1n) is 4.91. The molecule has 1 aromatic rings. The maximum absolute atomic E-state index is 12.7. The van der Waals surface area contributed by atoms with Crippen molar-refractivity contribution in [2.24, 2.45) is 11.5 Å². The number of hydrogen-bond donors (Lipinski definition) is 3. The van der Waals surface area contributed by atoms with Gasteiger partial charge < -0.3 is 16.8 Å². The van der Waals surface area contributed by atoms with Crippen LogP contribution in [0.25, 0.3) is 0 Å². The van der Waals surface area contributed by atoms with Crippen LogP contribution in [-0.2, 0) is 6.18 Å². The van der Waals surface area contributed by atoms with Crippen LogP contribution in [0.15, 0.2) is 18.2 Å². The van der Waals surface area contributed by atoms with E-state index in [0.717, 1.165) is 6.07 Å². The van der Waals surface area contributed by atoms with Crippen LogP contribution < -0.4 is 16.8 Å². The Labute approximate surface area is 102 Å². The van der Waals surface area contributed by atoms with Crippen molar-refractivity contribution in [3.63, 3.8) is 0 Å². The Hall–Kier alpha value is -0.980. The van der Waals surface area contributed by atoms with E-state index in [2.05, 4.69) is 5.32 Å². The highest BCUT2D eigenvalue weighted by Gasteiger charge is 2.33. The van der Waals surface area contributed by atoms with Crippen LogP contribution in [0.5, 0.6) is 0 Å². The number of anilines is 1. The van der Waals surface area contributed by atoms with Gasteiger partial charge in [0.25, 0.3) is 0 Å². The number of benzene rings is 1. The molecule has 1 aromatic carbocycles. The highest BCUT2D eigenvalue weighted by molar-refractivity contribution is 6.30. The summed E-state index contributed by atoms with van der Waals surface area (Å²) in [6.45, 7) is 0.364. The molecule has 1 unspecified atom stereocenters. The Kier molecular flexibility index (Phi) is 4.62. The fourth-order valence-corrected chi connectivity index (χ4v) is 1.40. The first-order valence-corrected chi connectivity index (χ1v) is 5.28. The molecule has 0 radical (unpaired) electrons. The van der Waals surface area contributed by atoms with Crippen molar-refractivity contribution >= 4 is 17.3 Å². The molecule has 0 saturated heterocycles. The maximum atomic E-state index is 12.7. The predicted octanol–water partition coefficient (Wildman–Crippen LogP) is 2.06. The van der Waals surface area contributed by atoms with E-state index in [9.17, 15) is 13.2 Å². The summed E-state index contributed by atoms with van der Waals surface area (Å²) in [7, 11) is 0. The third kappa shape index (κ3) is 4.07. The lowest BCUT2D eigenvalue weighted by Crippen LogP contribution is -2.36. The first-order chi connectivity index (χ1) is 7.84. The summed E-state index contributed by atoms with van der Waals surface area (Å²) in [4.78, 5) is 0. The molecule has 0 fully saturated rings. The molecule has 0 heterocycles. The fourth-order valence-electron chi connectivity index (χ4n) is 1.23. The van der Waals surface area contributed by atoms with E-state index < -0.39 is 17.8 Å². The van der Waals surface area contributed by atoms with Gasteiger partial charge in [-0.25, -0.2) is 0 Å². The average molecular weight is 268 g/mol. The molecule has 1 atom stereocenters. The minimum Gasteiger partial charge on any atom is -0.383 e. The first kappa shape index (κ1) is 14.1. The number of nitrogens with two attached hydrogens (primary N) is 2. The van der Waals surface area contributed by atoms with E-state index >= 15 is 0 Å². The summed E-state index contributed by atoms with van der Waals surface area (Å²) in [6.07, 6.45) is -4.46. The van der Waals surface area contributed by atoms with Crippen LogP contribution in [0.4, 0.5) is 18.9 Å². The number of alkyl halides is 3. The minimum absolute atomic E-state index is 0.0333. The average Bonchev–Trinajstić information content (AvgIpc) is 2.25. The number of rotatable bonds is 4. The topological polar surface area (TPSA) is 64.1 Å². The van der Waals surface area contributed by atoms with Crippen LogP contribution in [0.2, 0.25) is 5.02 Å². The van der Waals surface area contributed by atoms with Crippen LogP contribution in [-0.4, -0.2) is 19.1 Å². The zero-order chi connectivity index (χ0) is 13.1. The van der Waals surface area contributed by atoms with Gasteiger partial charge in [0.1, 0.15) is 0 Å². The number of halogens is 4. The van der Waals surface area contributed by atoms with Crippen molar-refractivity contribution in [1.29, 1.82) is 0 Å². The molecule has 0 amide bonds. The molecule has 7 heteroatoms. The highest BCUT2D eigenvalue weighted by Crippen LogP contribution is 2.36. The number of hydrogen-bond acceptors (Lipinski definition) is 3. The summed E-state index contributed by atoms with van der Waals surface area (Å²) in [6, 6.07) is 3.13. The molecule has 3 nitrogen and oxygen atoms in total. The van der Waals surface area contributed by atoms with Gasteiger partial charge in [0, 0.05) is 29.8 Å². The van der Waals surface area contributed by atoms with Gasteiger partial charge in [0.05, 0.1) is 5.56 Å². The molecule has 0 aliphatic carbocycles. The second-order valence-electron chi connectivity index (χ2n) is 3.56. The van der Waals surface area contributed by atoms with Crippen LogP contribution in [0, 0.1) is 0 Å². The molecule has 0 bridgehead atoms. The molecule has 17 heavy (non-hydrogen) atoms. The fraction of sp³-hybridized carbons (Fsp3) is 0.400. The van der Waals surface area contributed by atoms with E-state index in [-0.39, 0.29) is 23.8 Å². The summed E-state index contributed by atoms with van der Waals surface area (Å²) in [5.74, 6) is 0. The summed E-state index contributed by atoms with van der Waals surface area (Å²) < 4.78 is 38.0. The smallest absolute Gasteiger partial charge is 0.383 e. The minimum atomic E-state index is -4.46. The third-order valence-corrected chi connectivity index (χ3v) is 2.38. The van der Waals surface area contributed by atoms with Crippen molar-refractivity contribution < 1.29 is 13.2 Å². The Morgan fingerprint density at radius 2 is 2.00 bits per heavy atom. The normalized spacial score (nSPS) is 13.5. The molecule has 1 rings (SSSR count). The van der Waals surface area contributed by atoms with Gasteiger partial charge in [0.2, 0.25) is 0 Å². The zero-order valence-electron chi connectivity index (χ0n) is 8.89. The summed E-state index contributed by atoms with van der Waals surface area (Å²) in [5.41, 5.74) is 9.93. The lowest BCUT2D eigenvalue weighted by atomic mass is 10.1. The van der Waals surface area contributed by atoms with Crippen LogP contribution in [0.3, 0.4) is 0 Å². The van der Waals surface area contributed by atoms with Crippen LogP contribution in [0.1, 0.15) is 5.56 Å². The molecule has 0 aliphatic heterocycles. The maximum Gasteiger partial charge on any atom is 0.418 e. The van der Waals surface area contributed by atoms with Crippen molar-refractivity contribution in [1.82, 2.24) is 0 Å². The Balaban J connectivity index is 2.91. The second-order valence-corrected chi connectivity index (χ2v) is 4.00. The van der Waals surface area contributed by atoms with Crippen molar-refractivity contribution in [3.05, 3.63) is 28.8 Å². The third-order valence-electron chi connectivity index (χ3n) is 2.14. The molecule has 0 aliphatic rings. The van der Waals surface area contributed by atoms with E-state index in [0.29, 0.717) is 0 Å². The van der Waals surface area contributed by atoms with Crippen molar-refractivity contribution in [3.8, 4) is 0 Å². The van der Waals surface area contributed by atoms with Gasteiger partial charge in [0.15, 0.2) is 0 Å². The largest absolute Gasteiger partial charge is 0.418 e. The standard InChI is InChI=1S/C10H13ClF3N3/c11-6-1-2-9(17-5-7(16)4-15)8(3-6)10(12,13)14/h1-3,7,17H,4-5,15-16H2. The van der Waals surface area contributed by atoms with Gasteiger partial charge in [-0.2, -0.15) is 13.2 Å². The molecular weight excluding hydrogens is 255 g/mol. The van der Waals surface area contributed by atoms with Gasteiger partial charge in [-0.05, 0) is 18.2 Å². The van der Waals surface area contributed by atoms with E-state index in [1.807, 2.05) is 0 Å². The highest BCUT2D eigenvalue weighted by atomic mass is 35.5. The Bertz CT molecular complexity index is 382. The Morgan fingerprint density at radius 1 is 1.35 bits per heavy atom. The molecule has 0 spiro atoms. The molecule has 96 valence electrons. The van der Waals surface area contributed by atoms with Gasteiger partial charge in [-0.3, -0.25) is 0 Å². The molecular formula is C10H13ClF3N3. The Morgan fingerprint density at radius 3 is 2.53 bits per heavy atom. The van der Waals surface area contributed by atoms with E-state index in [4.69, 9.17) is 23.1 Å². The lowest BCUT2D eigenvalue weighted by molar-refractivity contribution is -0.136. The van der Waals surface area contributed by atoms with E-state index in [1.165, 1.54) is 12.1 Å². The molecule has 5 N–H and O–H groups in total. The summed E-state index contributed by atoms with van der Waals surface area (Å²) >= 11 is 5.54. The van der Waals surface area contributed by atoms with Gasteiger partial charge >= 0.3 is 6.18 Å². The zero-order valence-corrected chi connectivity index (χ0v) is 9.65. The predicted molar refractivity (Wildman–Crippen MR) is 62.0 cm³/mol. The van der Waals surface area contributed by atoms with E-state index in [1.54, 1.807) is 0 Å².